The fourth-order valence-corrected chi connectivity index (χ4v) is 1.44. The van der Waals surface area contributed by atoms with Gasteiger partial charge < -0.3 is 10.4 Å². The van der Waals surface area contributed by atoms with Gasteiger partial charge in [-0.25, -0.2) is 5.32 Å². The molecule has 1 aliphatic heterocycles. The molecule has 1 saturated heterocycles. The smallest absolute Gasteiger partial charge is 0.224 e. The summed E-state index contributed by atoms with van der Waals surface area (Å²) in [6, 6.07) is 0. The summed E-state index contributed by atoms with van der Waals surface area (Å²) in [5.74, 6) is 0.171. The van der Waals surface area contributed by atoms with Gasteiger partial charge in [0.25, 0.3) is 0 Å². The molecule has 4 nitrogen and oxygen atoms in total. The van der Waals surface area contributed by atoms with Crippen LogP contribution in [0.15, 0.2) is 0 Å². The van der Waals surface area contributed by atoms with E-state index >= 15 is 0 Å². The second kappa shape index (κ2) is 5.94. The maximum Gasteiger partial charge on any atom is 0.224 e. The second-order valence-electron chi connectivity index (χ2n) is 3.34. The summed E-state index contributed by atoms with van der Waals surface area (Å²) in [5.41, 5.74) is 0. The van der Waals surface area contributed by atoms with E-state index in [0.29, 0.717) is 19.5 Å². The Kier molecular flexibility index (Phi) is 4.78. The summed E-state index contributed by atoms with van der Waals surface area (Å²) in [6.45, 7) is 2.28. The van der Waals surface area contributed by atoms with E-state index < -0.39 is 0 Å². The zero-order valence-electron chi connectivity index (χ0n) is 7.83. The van der Waals surface area contributed by atoms with Crippen molar-refractivity contribution in [3.63, 3.8) is 0 Å². The average Bonchev–Trinajstić information content (AvgIpc) is 2.19. The van der Waals surface area contributed by atoms with Crippen molar-refractivity contribution in [3.05, 3.63) is 0 Å². The van der Waals surface area contributed by atoms with Crippen molar-refractivity contribution in [2.75, 3.05) is 26.2 Å². The molecule has 1 unspecified atom stereocenters. The van der Waals surface area contributed by atoms with Crippen molar-refractivity contribution < 1.29 is 9.90 Å². The zero-order valence-corrected chi connectivity index (χ0v) is 7.83. The van der Waals surface area contributed by atoms with Crippen LogP contribution in [0.3, 0.4) is 0 Å². The largest absolute Gasteiger partial charge is 0.396 e. The van der Waals surface area contributed by atoms with Crippen LogP contribution in [0.5, 0.6) is 0 Å². The third-order valence-corrected chi connectivity index (χ3v) is 2.22. The van der Waals surface area contributed by atoms with Gasteiger partial charge in [-0.15, -0.1) is 0 Å². The van der Waals surface area contributed by atoms with Gasteiger partial charge in [0.15, 0.2) is 0 Å². The summed E-state index contributed by atoms with van der Waals surface area (Å²) in [5, 5.41) is 15.5. The van der Waals surface area contributed by atoms with E-state index in [9.17, 15) is 4.79 Å². The van der Waals surface area contributed by atoms with E-state index in [1.807, 2.05) is 0 Å². The summed E-state index contributed by atoms with van der Waals surface area (Å²) < 4.78 is 0. The fraction of sp³-hybridized carbons (Fsp3) is 0.889. The average molecular weight is 185 g/mol. The Labute approximate surface area is 78.7 Å². The Bertz CT molecular complexity index is 156. The first kappa shape index (κ1) is 10.5. The molecule has 0 aromatic carbocycles. The molecule has 0 aromatic heterocycles. The molecule has 0 saturated carbocycles. The van der Waals surface area contributed by atoms with Gasteiger partial charge in [0, 0.05) is 26.2 Å². The Morgan fingerprint density at radius 2 is 2.46 bits per heavy atom. The SMILES string of the molecule is O=C(NCCCO)C1CCC[N]C1. The lowest BCUT2D eigenvalue weighted by Crippen LogP contribution is -2.38. The van der Waals surface area contributed by atoms with Crippen LogP contribution in [0.4, 0.5) is 0 Å². The van der Waals surface area contributed by atoms with E-state index in [-0.39, 0.29) is 18.4 Å². The minimum atomic E-state index is 0.0763. The van der Waals surface area contributed by atoms with Gasteiger partial charge in [0.05, 0.1) is 5.92 Å². The third kappa shape index (κ3) is 3.74. The molecule has 0 aliphatic carbocycles. The van der Waals surface area contributed by atoms with Gasteiger partial charge in [0.2, 0.25) is 5.91 Å². The molecule has 1 aliphatic rings. The van der Waals surface area contributed by atoms with Crippen molar-refractivity contribution >= 4 is 5.91 Å². The molecule has 2 N–H and O–H groups in total. The zero-order chi connectivity index (χ0) is 9.52. The van der Waals surface area contributed by atoms with Crippen molar-refractivity contribution in [1.29, 1.82) is 0 Å². The number of amides is 1. The van der Waals surface area contributed by atoms with Gasteiger partial charge in [-0.3, -0.25) is 4.79 Å². The number of aliphatic hydroxyl groups is 1. The molecule has 0 bridgehead atoms. The van der Waals surface area contributed by atoms with Crippen LogP contribution in [0, 0.1) is 5.92 Å². The number of carbonyl (C=O) groups excluding carboxylic acids is 1. The summed E-state index contributed by atoms with van der Waals surface area (Å²) in [7, 11) is 0. The van der Waals surface area contributed by atoms with Crippen LogP contribution in [0.25, 0.3) is 0 Å². The molecule has 0 spiro atoms. The predicted octanol–water partition coefficient (Wildman–Crippen LogP) is -0.501. The number of rotatable bonds is 4. The highest BCUT2D eigenvalue weighted by Gasteiger charge is 2.20. The quantitative estimate of drug-likeness (QED) is 0.580. The minimum absolute atomic E-state index is 0.0763. The van der Waals surface area contributed by atoms with Crippen LogP contribution in [-0.2, 0) is 4.79 Å². The Morgan fingerprint density at radius 1 is 1.62 bits per heavy atom. The Balaban J connectivity index is 2.13. The number of hydrogen-bond acceptors (Lipinski definition) is 2. The first-order chi connectivity index (χ1) is 6.34. The number of carbonyl (C=O) groups is 1. The maximum atomic E-state index is 11.4. The molecular weight excluding hydrogens is 168 g/mol. The molecule has 1 heterocycles. The van der Waals surface area contributed by atoms with Crippen molar-refractivity contribution in [3.8, 4) is 0 Å². The summed E-state index contributed by atoms with van der Waals surface area (Å²) in [4.78, 5) is 11.4. The maximum absolute atomic E-state index is 11.4. The minimum Gasteiger partial charge on any atom is -0.396 e. The molecule has 1 rings (SSSR count). The lowest BCUT2D eigenvalue weighted by atomic mass is 9.99. The first-order valence-corrected chi connectivity index (χ1v) is 4.86. The highest BCUT2D eigenvalue weighted by Crippen LogP contribution is 2.10. The van der Waals surface area contributed by atoms with Crippen LogP contribution < -0.4 is 10.6 Å². The van der Waals surface area contributed by atoms with Crippen molar-refractivity contribution in [2.45, 2.75) is 19.3 Å². The topological polar surface area (TPSA) is 63.4 Å². The molecule has 4 heteroatoms. The van der Waals surface area contributed by atoms with Gasteiger partial charge in [0.1, 0.15) is 0 Å². The molecule has 75 valence electrons. The van der Waals surface area contributed by atoms with Gasteiger partial charge in [-0.2, -0.15) is 0 Å². The molecule has 1 amide bonds. The summed E-state index contributed by atoms with van der Waals surface area (Å²) in [6.07, 6.45) is 2.61. The van der Waals surface area contributed by atoms with Crippen molar-refractivity contribution in [1.82, 2.24) is 10.6 Å². The van der Waals surface area contributed by atoms with E-state index in [2.05, 4.69) is 10.6 Å². The van der Waals surface area contributed by atoms with Crippen LogP contribution in [-0.4, -0.2) is 37.3 Å². The lowest BCUT2D eigenvalue weighted by Gasteiger charge is -2.20. The second-order valence-corrected chi connectivity index (χ2v) is 3.34. The van der Waals surface area contributed by atoms with Crippen LogP contribution in [0.2, 0.25) is 0 Å². The summed E-state index contributed by atoms with van der Waals surface area (Å²) >= 11 is 0. The number of nitrogens with zero attached hydrogens (tertiary/aromatic N) is 1. The van der Waals surface area contributed by atoms with Crippen LogP contribution >= 0.6 is 0 Å². The van der Waals surface area contributed by atoms with E-state index in [1.54, 1.807) is 0 Å². The third-order valence-electron chi connectivity index (χ3n) is 2.22. The Hall–Kier alpha value is -0.610. The standard InChI is InChI=1S/C9H17N2O2/c12-6-2-5-11-9(13)8-3-1-4-10-7-8/h8,12H,1-7H2,(H,11,13). The van der Waals surface area contributed by atoms with E-state index in [4.69, 9.17) is 5.11 Å². The highest BCUT2D eigenvalue weighted by atomic mass is 16.3. The van der Waals surface area contributed by atoms with Gasteiger partial charge in [-0.1, -0.05) is 0 Å². The molecular formula is C9H17N2O2. The normalized spacial score (nSPS) is 22.7. The number of nitrogens with one attached hydrogen (secondary N) is 1. The molecule has 1 radical (unpaired) electrons. The van der Waals surface area contributed by atoms with Crippen LogP contribution in [0.1, 0.15) is 19.3 Å². The molecule has 13 heavy (non-hydrogen) atoms. The molecule has 1 fully saturated rings. The fourth-order valence-electron chi connectivity index (χ4n) is 1.44. The van der Waals surface area contributed by atoms with Gasteiger partial charge >= 0.3 is 0 Å². The molecule has 1 atom stereocenters. The van der Waals surface area contributed by atoms with E-state index in [1.165, 1.54) is 0 Å². The highest BCUT2D eigenvalue weighted by molar-refractivity contribution is 5.78. The lowest BCUT2D eigenvalue weighted by molar-refractivity contribution is -0.125. The van der Waals surface area contributed by atoms with E-state index in [0.717, 1.165) is 19.4 Å². The molecule has 0 aromatic rings. The Morgan fingerprint density at radius 3 is 3.08 bits per heavy atom. The predicted molar refractivity (Wildman–Crippen MR) is 49.3 cm³/mol. The first-order valence-electron chi connectivity index (χ1n) is 4.86. The number of piperidine rings is 1. The monoisotopic (exact) mass is 185 g/mol. The number of hydrogen-bond donors (Lipinski definition) is 2. The van der Waals surface area contributed by atoms with Crippen molar-refractivity contribution in [2.24, 2.45) is 5.92 Å². The number of aliphatic hydroxyl groups excluding tert-OH is 1. The van der Waals surface area contributed by atoms with Gasteiger partial charge in [-0.05, 0) is 19.3 Å².